The molecule has 5 atom stereocenters. The maximum atomic E-state index is 10.9. The maximum Gasteiger partial charge on any atom is 0.0651 e. The molecular weight excluding hydrogens is 308 g/mol. The van der Waals surface area contributed by atoms with Crippen molar-refractivity contribution in [2.75, 3.05) is 0 Å². The molecule has 0 heterocycles. The Labute approximate surface area is 153 Å². The van der Waals surface area contributed by atoms with Crippen molar-refractivity contribution >= 4 is 0 Å². The van der Waals surface area contributed by atoms with Crippen molar-refractivity contribution < 1.29 is 10.2 Å². The predicted octanol–water partition coefficient (Wildman–Crippen LogP) is 4.89. The standard InChI is InChI=1S/C23H34O2/c1-17(8-7-11-18-9-5-4-6-10-18)19-12-14-22(2,24)20-13-15-23(3,25)21(20)16-19/h4-6,9-10,19-21,24-25H,1,7-8,11-16H2,2-3H3. The molecule has 2 heteroatoms. The van der Waals surface area contributed by atoms with Gasteiger partial charge in [0.05, 0.1) is 11.2 Å². The van der Waals surface area contributed by atoms with Crippen LogP contribution in [0, 0.1) is 17.8 Å². The number of allylic oxidation sites excluding steroid dienone is 1. The molecule has 138 valence electrons. The van der Waals surface area contributed by atoms with E-state index in [1.807, 2.05) is 13.8 Å². The van der Waals surface area contributed by atoms with Gasteiger partial charge in [-0.3, -0.25) is 0 Å². The summed E-state index contributed by atoms with van der Waals surface area (Å²) in [7, 11) is 0. The van der Waals surface area contributed by atoms with Crippen molar-refractivity contribution in [1.29, 1.82) is 0 Å². The summed E-state index contributed by atoms with van der Waals surface area (Å²) >= 11 is 0. The minimum absolute atomic E-state index is 0.195. The van der Waals surface area contributed by atoms with Gasteiger partial charge in [0.25, 0.3) is 0 Å². The van der Waals surface area contributed by atoms with E-state index in [1.54, 1.807) is 0 Å². The van der Waals surface area contributed by atoms with Crippen LogP contribution in [-0.4, -0.2) is 21.4 Å². The molecule has 2 aliphatic carbocycles. The lowest BCUT2D eigenvalue weighted by molar-refractivity contribution is -0.0539. The quantitative estimate of drug-likeness (QED) is 0.748. The fourth-order valence-corrected chi connectivity index (χ4v) is 5.25. The molecule has 5 unspecified atom stereocenters. The van der Waals surface area contributed by atoms with Crippen molar-refractivity contribution in [2.24, 2.45) is 17.8 Å². The van der Waals surface area contributed by atoms with Crippen LogP contribution >= 0.6 is 0 Å². The first-order valence-electron chi connectivity index (χ1n) is 9.96. The highest BCUT2D eigenvalue weighted by molar-refractivity contribution is 5.15. The van der Waals surface area contributed by atoms with Crippen LogP contribution in [0.4, 0.5) is 0 Å². The van der Waals surface area contributed by atoms with E-state index in [1.165, 1.54) is 11.1 Å². The summed E-state index contributed by atoms with van der Waals surface area (Å²) in [5.74, 6) is 0.854. The number of benzene rings is 1. The predicted molar refractivity (Wildman–Crippen MR) is 103 cm³/mol. The molecular formula is C23H34O2. The Morgan fingerprint density at radius 2 is 1.68 bits per heavy atom. The Balaban J connectivity index is 1.61. The van der Waals surface area contributed by atoms with Gasteiger partial charge >= 0.3 is 0 Å². The zero-order valence-corrected chi connectivity index (χ0v) is 15.9. The molecule has 2 nitrogen and oxygen atoms in total. The van der Waals surface area contributed by atoms with Crippen molar-refractivity contribution in [3.05, 3.63) is 48.0 Å². The Morgan fingerprint density at radius 1 is 1.04 bits per heavy atom. The van der Waals surface area contributed by atoms with Crippen LogP contribution in [0.3, 0.4) is 0 Å². The maximum absolute atomic E-state index is 10.9. The Kier molecular flexibility index (Phi) is 5.41. The summed E-state index contributed by atoms with van der Waals surface area (Å²) in [6, 6.07) is 10.6. The van der Waals surface area contributed by atoms with Crippen molar-refractivity contribution in [3.8, 4) is 0 Å². The van der Waals surface area contributed by atoms with E-state index in [0.717, 1.165) is 51.4 Å². The minimum Gasteiger partial charge on any atom is -0.390 e. The van der Waals surface area contributed by atoms with Gasteiger partial charge in [0, 0.05) is 0 Å². The molecule has 25 heavy (non-hydrogen) atoms. The van der Waals surface area contributed by atoms with Gasteiger partial charge in [-0.05, 0) is 88.5 Å². The zero-order chi connectivity index (χ0) is 18.1. The molecule has 0 radical (unpaired) electrons. The second kappa shape index (κ2) is 7.25. The lowest BCUT2D eigenvalue weighted by atomic mass is 9.75. The molecule has 1 aromatic rings. The number of hydrogen-bond donors (Lipinski definition) is 2. The summed E-state index contributed by atoms with van der Waals surface area (Å²) in [5, 5.41) is 21.8. The lowest BCUT2D eigenvalue weighted by Gasteiger charge is -2.35. The van der Waals surface area contributed by atoms with Crippen LogP contribution in [-0.2, 0) is 6.42 Å². The van der Waals surface area contributed by atoms with Gasteiger partial charge in [-0.25, -0.2) is 0 Å². The third kappa shape index (κ3) is 4.17. The second-order valence-corrected chi connectivity index (χ2v) is 8.93. The van der Waals surface area contributed by atoms with Gasteiger partial charge in [0.2, 0.25) is 0 Å². The molecule has 0 aliphatic heterocycles. The highest BCUT2D eigenvalue weighted by atomic mass is 16.3. The molecule has 0 bridgehead atoms. The topological polar surface area (TPSA) is 40.5 Å². The monoisotopic (exact) mass is 342 g/mol. The van der Waals surface area contributed by atoms with Crippen LogP contribution in [0.25, 0.3) is 0 Å². The van der Waals surface area contributed by atoms with E-state index in [0.29, 0.717) is 5.92 Å². The average molecular weight is 343 g/mol. The Morgan fingerprint density at radius 3 is 2.40 bits per heavy atom. The highest BCUT2D eigenvalue weighted by Crippen LogP contribution is 2.53. The molecule has 0 amide bonds. The molecule has 0 saturated heterocycles. The van der Waals surface area contributed by atoms with Crippen molar-refractivity contribution in [3.63, 3.8) is 0 Å². The van der Waals surface area contributed by atoms with E-state index in [-0.39, 0.29) is 11.8 Å². The van der Waals surface area contributed by atoms with E-state index in [4.69, 9.17) is 0 Å². The van der Waals surface area contributed by atoms with Gasteiger partial charge in [-0.15, -0.1) is 0 Å². The molecule has 2 N–H and O–H groups in total. The summed E-state index contributed by atoms with van der Waals surface area (Å²) in [6.07, 6.45) is 7.82. The minimum atomic E-state index is -0.649. The van der Waals surface area contributed by atoms with Crippen LogP contribution in [0.15, 0.2) is 42.5 Å². The first kappa shape index (κ1) is 18.7. The number of hydrogen-bond acceptors (Lipinski definition) is 2. The van der Waals surface area contributed by atoms with E-state index in [2.05, 4.69) is 36.9 Å². The fourth-order valence-electron chi connectivity index (χ4n) is 5.25. The van der Waals surface area contributed by atoms with Crippen LogP contribution in [0.5, 0.6) is 0 Å². The smallest absolute Gasteiger partial charge is 0.0651 e. The molecule has 0 aromatic heterocycles. The molecule has 1 aromatic carbocycles. The SMILES string of the molecule is C=C(CCCc1ccccc1)C1CCC(C)(O)C2CCC(C)(O)C2C1. The van der Waals surface area contributed by atoms with Gasteiger partial charge in [-0.2, -0.15) is 0 Å². The van der Waals surface area contributed by atoms with E-state index in [9.17, 15) is 10.2 Å². The second-order valence-electron chi connectivity index (χ2n) is 8.93. The van der Waals surface area contributed by atoms with Gasteiger partial charge in [0.15, 0.2) is 0 Å². The molecule has 2 fully saturated rings. The first-order chi connectivity index (χ1) is 11.8. The molecule has 2 aliphatic rings. The van der Waals surface area contributed by atoms with Gasteiger partial charge < -0.3 is 10.2 Å². The highest BCUT2D eigenvalue weighted by Gasteiger charge is 2.52. The number of aliphatic hydroxyl groups is 2. The van der Waals surface area contributed by atoms with E-state index >= 15 is 0 Å². The number of rotatable bonds is 5. The number of aryl methyl sites for hydroxylation is 1. The fraction of sp³-hybridized carbons (Fsp3) is 0.652. The molecule has 3 rings (SSSR count). The average Bonchev–Trinajstić information content (AvgIpc) is 2.79. The molecule has 2 saturated carbocycles. The van der Waals surface area contributed by atoms with Crippen molar-refractivity contribution in [2.45, 2.75) is 76.4 Å². The van der Waals surface area contributed by atoms with Gasteiger partial charge in [-0.1, -0.05) is 42.5 Å². The van der Waals surface area contributed by atoms with E-state index < -0.39 is 11.2 Å². The number of fused-ring (bicyclic) bond motifs is 1. The largest absolute Gasteiger partial charge is 0.390 e. The third-order valence-corrected chi connectivity index (χ3v) is 6.97. The summed E-state index contributed by atoms with van der Waals surface area (Å²) in [4.78, 5) is 0. The summed E-state index contributed by atoms with van der Waals surface area (Å²) in [5.41, 5.74) is 1.42. The normalized spacial score (nSPS) is 38.2. The summed E-state index contributed by atoms with van der Waals surface area (Å²) < 4.78 is 0. The van der Waals surface area contributed by atoms with Crippen LogP contribution in [0.1, 0.15) is 64.4 Å². The first-order valence-corrected chi connectivity index (χ1v) is 9.96. The van der Waals surface area contributed by atoms with Gasteiger partial charge in [0.1, 0.15) is 0 Å². The Hall–Kier alpha value is -1.12. The molecule has 0 spiro atoms. The summed E-state index contributed by atoms with van der Waals surface area (Å²) in [6.45, 7) is 8.34. The van der Waals surface area contributed by atoms with Crippen molar-refractivity contribution in [1.82, 2.24) is 0 Å². The van der Waals surface area contributed by atoms with Crippen LogP contribution < -0.4 is 0 Å². The lowest BCUT2D eigenvalue weighted by Crippen LogP contribution is -2.40. The Bertz CT molecular complexity index is 587. The third-order valence-electron chi connectivity index (χ3n) is 6.97. The zero-order valence-electron chi connectivity index (χ0n) is 15.9. The van der Waals surface area contributed by atoms with Crippen LogP contribution in [0.2, 0.25) is 0 Å².